The second kappa shape index (κ2) is 7.73. The van der Waals surface area contributed by atoms with Gasteiger partial charge in [0.1, 0.15) is 11.5 Å². The molecule has 1 atom stereocenters. The number of carbonyl (C=O) groups is 1. The maximum atomic E-state index is 14.0. The third-order valence-electron chi connectivity index (χ3n) is 4.89. The van der Waals surface area contributed by atoms with Gasteiger partial charge in [0.2, 0.25) is 0 Å². The minimum atomic E-state index is -0.417. The predicted molar refractivity (Wildman–Crippen MR) is 105 cm³/mol. The summed E-state index contributed by atoms with van der Waals surface area (Å²) in [5.41, 5.74) is 3.42. The third-order valence-corrected chi connectivity index (χ3v) is 5.15. The molecule has 5 nitrogen and oxygen atoms in total. The van der Waals surface area contributed by atoms with E-state index in [1.165, 1.54) is 12.1 Å². The molecule has 1 aliphatic rings. The Morgan fingerprint density at radius 1 is 1.25 bits per heavy atom. The van der Waals surface area contributed by atoms with Gasteiger partial charge in [0.25, 0.3) is 5.91 Å². The van der Waals surface area contributed by atoms with Gasteiger partial charge in [-0.15, -0.1) is 0 Å². The molecule has 1 aromatic heterocycles. The molecular formula is C21H19ClFN3O2. The van der Waals surface area contributed by atoms with Crippen LogP contribution >= 0.6 is 11.6 Å². The van der Waals surface area contributed by atoms with Crippen molar-refractivity contribution in [1.29, 1.82) is 0 Å². The van der Waals surface area contributed by atoms with Crippen molar-refractivity contribution in [3.05, 3.63) is 76.2 Å². The fourth-order valence-corrected chi connectivity index (χ4v) is 3.78. The van der Waals surface area contributed by atoms with Gasteiger partial charge in [-0.3, -0.25) is 9.89 Å². The van der Waals surface area contributed by atoms with E-state index in [1.54, 1.807) is 30.2 Å². The van der Waals surface area contributed by atoms with Crippen LogP contribution in [-0.4, -0.2) is 41.3 Å². The summed E-state index contributed by atoms with van der Waals surface area (Å²) in [7, 11) is 1.63. The standard InChI is InChI=1S/C21H19ClFN3O2/c1-28-11-3-10-26-20(14-4-2-5-16(23)12-14)17-18(24-25-19(17)21(26)27)13-6-8-15(22)9-7-13/h2,4-9,12,20H,3,10-11H2,1H3,(H,24,25). The molecule has 1 aliphatic heterocycles. The van der Waals surface area contributed by atoms with Gasteiger partial charge in [0.15, 0.2) is 0 Å². The van der Waals surface area contributed by atoms with Gasteiger partial charge in [0.05, 0.1) is 11.7 Å². The molecule has 2 aromatic carbocycles. The number of nitrogens with one attached hydrogen (secondary N) is 1. The lowest BCUT2D eigenvalue weighted by Gasteiger charge is -2.26. The summed E-state index contributed by atoms with van der Waals surface area (Å²) < 4.78 is 19.1. The summed E-state index contributed by atoms with van der Waals surface area (Å²) in [6.07, 6.45) is 0.683. The highest BCUT2D eigenvalue weighted by atomic mass is 35.5. The molecule has 0 spiro atoms. The molecule has 4 rings (SSSR count). The van der Waals surface area contributed by atoms with Crippen LogP contribution in [0.25, 0.3) is 11.3 Å². The number of H-pyrrole nitrogens is 1. The van der Waals surface area contributed by atoms with Crippen LogP contribution in [-0.2, 0) is 4.74 Å². The summed E-state index contributed by atoms with van der Waals surface area (Å²) in [5, 5.41) is 7.89. The number of carbonyl (C=O) groups excluding carboxylic acids is 1. The van der Waals surface area contributed by atoms with E-state index in [1.807, 2.05) is 18.2 Å². The van der Waals surface area contributed by atoms with Crippen LogP contribution in [0.5, 0.6) is 0 Å². The quantitative estimate of drug-likeness (QED) is 0.623. The van der Waals surface area contributed by atoms with Gasteiger partial charge in [-0.1, -0.05) is 35.9 Å². The Morgan fingerprint density at radius 2 is 2.04 bits per heavy atom. The summed E-state index contributed by atoms with van der Waals surface area (Å²) in [5.74, 6) is -0.486. The summed E-state index contributed by atoms with van der Waals surface area (Å²) in [6, 6.07) is 13.2. The number of methoxy groups -OCH3 is 1. The number of fused-ring (bicyclic) bond motifs is 1. The SMILES string of the molecule is COCCCN1C(=O)c2[nH]nc(-c3ccc(Cl)cc3)c2C1c1cccc(F)c1. The predicted octanol–water partition coefficient (Wildman–Crippen LogP) is 4.45. The van der Waals surface area contributed by atoms with E-state index in [-0.39, 0.29) is 11.7 Å². The molecule has 144 valence electrons. The first-order valence-electron chi connectivity index (χ1n) is 8.99. The summed E-state index contributed by atoms with van der Waals surface area (Å²) in [6.45, 7) is 1.03. The average Bonchev–Trinajstić information content (AvgIpc) is 3.22. The minimum absolute atomic E-state index is 0.145. The van der Waals surface area contributed by atoms with E-state index in [9.17, 15) is 9.18 Å². The van der Waals surface area contributed by atoms with Gasteiger partial charge < -0.3 is 9.64 Å². The first-order valence-corrected chi connectivity index (χ1v) is 9.37. The normalized spacial score (nSPS) is 15.9. The van der Waals surface area contributed by atoms with Gasteiger partial charge in [0, 0.05) is 36.4 Å². The fraction of sp³-hybridized carbons (Fsp3) is 0.238. The lowest BCUT2D eigenvalue weighted by molar-refractivity contribution is 0.0723. The van der Waals surface area contributed by atoms with Crippen LogP contribution in [0.3, 0.4) is 0 Å². The van der Waals surface area contributed by atoms with E-state index >= 15 is 0 Å². The average molecular weight is 400 g/mol. The Kier molecular flexibility index (Phi) is 5.15. The van der Waals surface area contributed by atoms with Crippen LogP contribution in [0.1, 0.15) is 34.1 Å². The Balaban J connectivity index is 1.82. The van der Waals surface area contributed by atoms with Crippen molar-refractivity contribution in [3.8, 4) is 11.3 Å². The maximum absolute atomic E-state index is 14.0. The minimum Gasteiger partial charge on any atom is -0.385 e. The van der Waals surface area contributed by atoms with E-state index in [0.29, 0.717) is 41.5 Å². The highest BCUT2D eigenvalue weighted by Gasteiger charge is 2.41. The first kappa shape index (κ1) is 18.7. The number of hydrogen-bond acceptors (Lipinski definition) is 3. The Hall–Kier alpha value is -2.70. The number of halogens is 2. The molecule has 0 fully saturated rings. The number of rotatable bonds is 6. The van der Waals surface area contributed by atoms with E-state index < -0.39 is 6.04 Å². The zero-order valence-corrected chi connectivity index (χ0v) is 16.0. The van der Waals surface area contributed by atoms with Crippen LogP contribution in [0, 0.1) is 5.82 Å². The van der Waals surface area contributed by atoms with Gasteiger partial charge in [-0.2, -0.15) is 5.10 Å². The number of aromatic nitrogens is 2. The van der Waals surface area contributed by atoms with Crippen molar-refractivity contribution in [2.45, 2.75) is 12.5 Å². The molecule has 0 bridgehead atoms. The molecule has 3 aromatic rings. The molecule has 1 N–H and O–H groups in total. The number of aromatic amines is 1. The van der Waals surface area contributed by atoms with Crippen molar-refractivity contribution in [2.75, 3.05) is 20.3 Å². The topological polar surface area (TPSA) is 58.2 Å². The van der Waals surface area contributed by atoms with Gasteiger partial charge >= 0.3 is 0 Å². The maximum Gasteiger partial charge on any atom is 0.273 e. The molecule has 2 heterocycles. The van der Waals surface area contributed by atoms with Crippen molar-refractivity contribution < 1.29 is 13.9 Å². The van der Waals surface area contributed by atoms with E-state index in [2.05, 4.69) is 10.2 Å². The number of hydrogen-bond donors (Lipinski definition) is 1. The Bertz CT molecular complexity index is 1000. The van der Waals surface area contributed by atoms with Gasteiger partial charge in [-0.25, -0.2) is 4.39 Å². The second-order valence-corrected chi connectivity index (χ2v) is 7.11. The number of nitrogens with zero attached hydrogens (tertiary/aromatic N) is 2. The first-order chi connectivity index (χ1) is 13.6. The van der Waals surface area contributed by atoms with E-state index in [4.69, 9.17) is 16.3 Å². The van der Waals surface area contributed by atoms with Crippen molar-refractivity contribution in [1.82, 2.24) is 15.1 Å². The molecule has 0 radical (unpaired) electrons. The molecule has 0 saturated heterocycles. The van der Waals surface area contributed by atoms with Crippen LogP contribution in [0.2, 0.25) is 5.02 Å². The second-order valence-electron chi connectivity index (χ2n) is 6.67. The highest BCUT2D eigenvalue weighted by Crippen LogP contribution is 2.42. The molecule has 0 aliphatic carbocycles. The highest BCUT2D eigenvalue weighted by molar-refractivity contribution is 6.30. The van der Waals surface area contributed by atoms with Crippen molar-refractivity contribution in [2.24, 2.45) is 0 Å². The molecule has 0 saturated carbocycles. The van der Waals surface area contributed by atoms with Crippen molar-refractivity contribution in [3.63, 3.8) is 0 Å². The number of benzene rings is 2. The van der Waals surface area contributed by atoms with Crippen molar-refractivity contribution >= 4 is 17.5 Å². The summed E-state index contributed by atoms with van der Waals surface area (Å²) >= 11 is 6.01. The largest absolute Gasteiger partial charge is 0.385 e. The Morgan fingerprint density at radius 3 is 2.75 bits per heavy atom. The lowest BCUT2D eigenvalue weighted by atomic mass is 9.96. The smallest absolute Gasteiger partial charge is 0.273 e. The van der Waals surface area contributed by atoms with Crippen LogP contribution in [0.4, 0.5) is 4.39 Å². The molecule has 7 heteroatoms. The Labute approximate surface area is 167 Å². The lowest BCUT2D eigenvalue weighted by Crippen LogP contribution is -2.31. The summed E-state index contributed by atoms with van der Waals surface area (Å²) in [4.78, 5) is 14.8. The van der Waals surface area contributed by atoms with E-state index in [0.717, 1.165) is 11.1 Å². The molecule has 1 unspecified atom stereocenters. The zero-order chi connectivity index (χ0) is 19.7. The van der Waals surface area contributed by atoms with Crippen LogP contribution < -0.4 is 0 Å². The van der Waals surface area contributed by atoms with Gasteiger partial charge in [-0.05, 0) is 36.2 Å². The van der Waals surface area contributed by atoms with Crippen LogP contribution in [0.15, 0.2) is 48.5 Å². The fourth-order valence-electron chi connectivity index (χ4n) is 3.66. The molecular weight excluding hydrogens is 381 g/mol. The zero-order valence-electron chi connectivity index (χ0n) is 15.3. The molecule has 28 heavy (non-hydrogen) atoms. The molecule has 1 amide bonds. The number of ether oxygens (including phenoxy) is 1. The third kappa shape index (κ3) is 3.30. The number of amides is 1. The monoisotopic (exact) mass is 399 g/mol.